The molecule has 0 unspecified atom stereocenters. The Morgan fingerprint density at radius 1 is 1.57 bits per heavy atom. The summed E-state index contributed by atoms with van der Waals surface area (Å²) in [7, 11) is 1.64. The summed E-state index contributed by atoms with van der Waals surface area (Å²) in [5.74, 6) is 0.711. The molecule has 0 bridgehead atoms. The van der Waals surface area contributed by atoms with Gasteiger partial charge in [-0.3, -0.25) is 4.79 Å². The van der Waals surface area contributed by atoms with Crippen LogP contribution in [0.4, 0.5) is 0 Å². The summed E-state index contributed by atoms with van der Waals surface area (Å²) >= 11 is 1.56. The van der Waals surface area contributed by atoms with E-state index in [1.807, 2.05) is 24.3 Å². The number of methoxy groups -OCH3 is 1. The lowest BCUT2D eigenvalue weighted by atomic mass is 10.2. The van der Waals surface area contributed by atoms with Gasteiger partial charge in [0.2, 0.25) is 0 Å². The average Bonchev–Trinajstić information content (AvgIpc) is 3.09. The van der Waals surface area contributed by atoms with Gasteiger partial charge in [-0.1, -0.05) is 12.1 Å². The molecule has 1 aliphatic rings. The zero-order valence-electron chi connectivity index (χ0n) is 12.9. The molecule has 3 rings (SSSR count). The summed E-state index contributed by atoms with van der Waals surface area (Å²) in [6.07, 6.45) is 1.38. The fourth-order valence-corrected chi connectivity index (χ4v) is 3.15. The Kier molecular flexibility index (Phi) is 5.22. The Bertz CT molecular complexity index is 668. The van der Waals surface area contributed by atoms with E-state index in [1.165, 1.54) is 0 Å². The number of hydrogen-bond acceptors (Lipinski definition) is 6. The van der Waals surface area contributed by atoms with Crippen molar-refractivity contribution in [2.24, 2.45) is 0 Å². The molecule has 2 aromatic rings. The van der Waals surface area contributed by atoms with E-state index < -0.39 is 6.10 Å². The van der Waals surface area contributed by atoms with Crippen molar-refractivity contribution in [3.63, 3.8) is 0 Å². The Balaban J connectivity index is 1.59. The van der Waals surface area contributed by atoms with E-state index in [0.29, 0.717) is 19.7 Å². The molecule has 1 atom stereocenters. The fourth-order valence-electron chi connectivity index (χ4n) is 2.30. The van der Waals surface area contributed by atoms with Gasteiger partial charge in [-0.05, 0) is 12.1 Å². The lowest BCUT2D eigenvalue weighted by Crippen LogP contribution is -2.47. The topological polar surface area (TPSA) is 72.5 Å². The van der Waals surface area contributed by atoms with Gasteiger partial charge in [0.25, 0.3) is 5.91 Å². The van der Waals surface area contributed by atoms with Crippen molar-refractivity contribution in [2.45, 2.75) is 12.6 Å². The van der Waals surface area contributed by atoms with Crippen LogP contribution >= 0.6 is 11.3 Å². The maximum Gasteiger partial charge on any atom is 0.250 e. The first kappa shape index (κ1) is 15.9. The Morgan fingerprint density at radius 2 is 2.48 bits per heavy atom. The normalized spacial score (nSPS) is 17.7. The zero-order chi connectivity index (χ0) is 16.1. The minimum atomic E-state index is -0.408. The van der Waals surface area contributed by atoms with Gasteiger partial charge in [-0.2, -0.15) is 0 Å². The number of benzene rings is 1. The number of ether oxygens (including phenoxy) is 2. The predicted molar refractivity (Wildman–Crippen MR) is 88.6 cm³/mol. The lowest BCUT2D eigenvalue weighted by Gasteiger charge is -2.22. The highest BCUT2D eigenvalue weighted by atomic mass is 32.1. The summed E-state index contributed by atoms with van der Waals surface area (Å²) in [5, 5.41) is 6.95. The number of carbonyl (C=O) groups excluding carboxylic acids is 1. The fraction of sp³-hybridized carbons (Fsp3) is 0.375. The first-order valence-corrected chi connectivity index (χ1v) is 8.27. The number of nitrogens with one attached hydrogen (secondary N) is 2. The minimum absolute atomic E-state index is 0.0893. The maximum atomic E-state index is 12.0. The van der Waals surface area contributed by atoms with Crippen LogP contribution in [0, 0.1) is 0 Å². The molecule has 7 heteroatoms. The van der Waals surface area contributed by atoms with Crippen molar-refractivity contribution in [2.75, 3.05) is 26.8 Å². The summed E-state index contributed by atoms with van der Waals surface area (Å²) in [6.45, 7) is 2.38. The summed E-state index contributed by atoms with van der Waals surface area (Å²) < 4.78 is 10.7. The zero-order valence-corrected chi connectivity index (χ0v) is 13.7. The molecule has 1 aromatic heterocycles. The van der Waals surface area contributed by atoms with E-state index in [0.717, 1.165) is 27.7 Å². The SMILES string of the molecule is COc1cccc(-c2ncc(CNC(=O)[C@H]3CNCCO3)s2)c1. The first-order chi connectivity index (χ1) is 11.3. The molecule has 2 N–H and O–H groups in total. The highest BCUT2D eigenvalue weighted by Crippen LogP contribution is 2.27. The number of rotatable bonds is 5. The minimum Gasteiger partial charge on any atom is -0.497 e. The third kappa shape index (κ3) is 4.07. The molecule has 2 heterocycles. The van der Waals surface area contributed by atoms with E-state index in [1.54, 1.807) is 24.6 Å². The van der Waals surface area contributed by atoms with Gasteiger partial charge in [0, 0.05) is 29.7 Å². The van der Waals surface area contributed by atoms with Gasteiger partial charge in [-0.15, -0.1) is 11.3 Å². The molecule has 23 heavy (non-hydrogen) atoms. The van der Waals surface area contributed by atoms with Crippen molar-refractivity contribution < 1.29 is 14.3 Å². The summed E-state index contributed by atoms with van der Waals surface area (Å²) in [6, 6.07) is 7.77. The van der Waals surface area contributed by atoms with Gasteiger partial charge >= 0.3 is 0 Å². The number of morpholine rings is 1. The largest absolute Gasteiger partial charge is 0.497 e. The Morgan fingerprint density at radius 3 is 3.26 bits per heavy atom. The molecular formula is C16H19N3O3S. The standard InChI is InChI=1S/C16H19N3O3S/c1-21-12-4-2-3-11(7-12)16-19-9-13(23-16)8-18-15(20)14-10-17-5-6-22-14/h2-4,7,9,14,17H,5-6,8,10H2,1H3,(H,18,20)/t14-/m1/s1. The highest BCUT2D eigenvalue weighted by Gasteiger charge is 2.21. The molecule has 1 amide bonds. The molecule has 1 saturated heterocycles. The Labute approximate surface area is 138 Å². The van der Waals surface area contributed by atoms with Crippen LogP contribution in [0.5, 0.6) is 5.75 Å². The van der Waals surface area contributed by atoms with Crippen molar-refractivity contribution >= 4 is 17.2 Å². The molecule has 6 nitrogen and oxygen atoms in total. The number of nitrogens with zero attached hydrogens (tertiary/aromatic N) is 1. The molecule has 0 radical (unpaired) electrons. The predicted octanol–water partition coefficient (Wildman–Crippen LogP) is 1.42. The van der Waals surface area contributed by atoms with Gasteiger partial charge in [-0.25, -0.2) is 4.98 Å². The van der Waals surface area contributed by atoms with Crippen LogP contribution in [0.2, 0.25) is 0 Å². The van der Waals surface area contributed by atoms with Gasteiger partial charge in [0.1, 0.15) is 16.9 Å². The van der Waals surface area contributed by atoms with Crippen molar-refractivity contribution in [1.29, 1.82) is 0 Å². The second kappa shape index (κ2) is 7.54. The van der Waals surface area contributed by atoms with Crippen LogP contribution in [-0.4, -0.2) is 43.8 Å². The molecule has 1 fully saturated rings. The van der Waals surface area contributed by atoms with Crippen LogP contribution in [0.3, 0.4) is 0 Å². The quantitative estimate of drug-likeness (QED) is 0.866. The Hall–Kier alpha value is -1.96. The average molecular weight is 333 g/mol. The summed E-state index contributed by atoms with van der Waals surface area (Å²) in [4.78, 5) is 17.4. The second-order valence-corrected chi connectivity index (χ2v) is 6.26. The number of aromatic nitrogens is 1. The molecular weight excluding hydrogens is 314 g/mol. The number of hydrogen-bond donors (Lipinski definition) is 2. The van der Waals surface area contributed by atoms with Gasteiger partial charge in [0.15, 0.2) is 0 Å². The van der Waals surface area contributed by atoms with Crippen LogP contribution < -0.4 is 15.4 Å². The van der Waals surface area contributed by atoms with E-state index in [4.69, 9.17) is 9.47 Å². The van der Waals surface area contributed by atoms with Crippen molar-refractivity contribution in [3.05, 3.63) is 35.3 Å². The third-order valence-electron chi connectivity index (χ3n) is 3.53. The van der Waals surface area contributed by atoms with Gasteiger partial charge < -0.3 is 20.1 Å². The maximum absolute atomic E-state index is 12.0. The van der Waals surface area contributed by atoms with Crippen LogP contribution in [0.25, 0.3) is 10.6 Å². The lowest BCUT2D eigenvalue weighted by molar-refractivity contribution is -0.134. The molecule has 1 aliphatic heterocycles. The monoisotopic (exact) mass is 333 g/mol. The van der Waals surface area contributed by atoms with Crippen molar-refractivity contribution in [1.82, 2.24) is 15.6 Å². The molecule has 0 saturated carbocycles. The van der Waals surface area contributed by atoms with Crippen LogP contribution in [0.1, 0.15) is 4.88 Å². The molecule has 0 aliphatic carbocycles. The van der Waals surface area contributed by atoms with Crippen LogP contribution in [-0.2, 0) is 16.1 Å². The second-order valence-electron chi connectivity index (χ2n) is 5.15. The van der Waals surface area contributed by atoms with E-state index in [-0.39, 0.29) is 5.91 Å². The van der Waals surface area contributed by atoms with E-state index in [2.05, 4.69) is 15.6 Å². The van der Waals surface area contributed by atoms with E-state index in [9.17, 15) is 4.79 Å². The van der Waals surface area contributed by atoms with E-state index >= 15 is 0 Å². The summed E-state index contributed by atoms with van der Waals surface area (Å²) in [5.41, 5.74) is 1.01. The number of amides is 1. The van der Waals surface area contributed by atoms with Gasteiger partial charge in [0.05, 0.1) is 20.3 Å². The van der Waals surface area contributed by atoms with Crippen LogP contribution in [0.15, 0.2) is 30.5 Å². The molecule has 122 valence electrons. The first-order valence-electron chi connectivity index (χ1n) is 7.45. The highest BCUT2D eigenvalue weighted by molar-refractivity contribution is 7.15. The molecule has 0 spiro atoms. The third-order valence-corrected chi connectivity index (χ3v) is 4.57. The smallest absolute Gasteiger partial charge is 0.250 e. The van der Waals surface area contributed by atoms with Crippen molar-refractivity contribution in [3.8, 4) is 16.3 Å². The molecule has 1 aromatic carbocycles. The number of carbonyl (C=O) groups is 1. The number of thiazole rings is 1.